The molecule has 138 valence electrons. The number of carboxylic acid groups (broad SMARTS) is 1. The second-order valence-corrected chi connectivity index (χ2v) is 6.35. The normalized spacial score (nSPS) is 17.8. The number of rotatable bonds is 6. The summed E-state index contributed by atoms with van der Waals surface area (Å²) < 4.78 is 11.3. The monoisotopic (exact) mass is 357 g/mol. The molecule has 1 aromatic carbocycles. The van der Waals surface area contributed by atoms with Crippen LogP contribution in [0.4, 0.5) is 5.69 Å². The van der Waals surface area contributed by atoms with Crippen LogP contribution in [0, 0.1) is 6.92 Å². The highest BCUT2D eigenvalue weighted by atomic mass is 16.5. The molecule has 3 rings (SSSR count). The molecule has 1 aliphatic rings. The number of carboxylic acids is 1. The Hall–Kier alpha value is -2.64. The van der Waals surface area contributed by atoms with Crippen LogP contribution in [0.15, 0.2) is 36.4 Å². The number of ether oxygens (including phenoxy) is 2. The van der Waals surface area contributed by atoms with Crippen LogP contribution in [0.5, 0.6) is 5.75 Å². The van der Waals surface area contributed by atoms with E-state index in [1.54, 1.807) is 6.07 Å². The van der Waals surface area contributed by atoms with E-state index in [4.69, 9.17) is 20.3 Å². The highest BCUT2D eigenvalue weighted by molar-refractivity contribution is 5.68. The predicted molar refractivity (Wildman–Crippen MR) is 96.9 cm³/mol. The van der Waals surface area contributed by atoms with E-state index in [-0.39, 0.29) is 12.7 Å². The number of para-hydroxylation sites is 1. The summed E-state index contributed by atoms with van der Waals surface area (Å²) in [5.74, 6) is -0.398. The lowest BCUT2D eigenvalue weighted by atomic mass is 10.1. The van der Waals surface area contributed by atoms with Gasteiger partial charge in [-0.3, -0.25) is 9.88 Å². The maximum atomic E-state index is 10.8. The number of nitrogens with zero attached hydrogens (tertiary/aromatic N) is 2. The molecule has 2 heterocycles. The van der Waals surface area contributed by atoms with Crippen molar-refractivity contribution in [2.24, 2.45) is 0 Å². The fourth-order valence-electron chi connectivity index (χ4n) is 3.07. The molecule has 1 atom stereocenters. The van der Waals surface area contributed by atoms with Crippen molar-refractivity contribution in [1.29, 1.82) is 0 Å². The molecule has 1 aliphatic heterocycles. The SMILES string of the molecule is Cc1cc(N)cc(C2CN(Cc3ccccc3OCC(=O)O)CCO2)n1. The number of aliphatic carboxylic acids is 1. The highest BCUT2D eigenvalue weighted by Gasteiger charge is 2.24. The summed E-state index contributed by atoms with van der Waals surface area (Å²) in [6, 6.07) is 11.2. The fraction of sp³-hybridized carbons (Fsp3) is 0.368. The van der Waals surface area contributed by atoms with E-state index in [0.29, 0.717) is 31.1 Å². The number of carbonyl (C=O) groups is 1. The van der Waals surface area contributed by atoms with Crippen LogP contribution in [0.25, 0.3) is 0 Å². The third-order valence-electron chi connectivity index (χ3n) is 4.19. The first-order valence-electron chi connectivity index (χ1n) is 8.52. The summed E-state index contributed by atoms with van der Waals surface area (Å²) in [6.07, 6.45) is -0.141. The van der Waals surface area contributed by atoms with Crippen molar-refractivity contribution in [3.05, 3.63) is 53.3 Å². The van der Waals surface area contributed by atoms with Crippen molar-refractivity contribution < 1.29 is 19.4 Å². The number of aromatic nitrogens is 1. The minimum atomic E-state index is -0.991. The van der Waals surface area contributed by atoms with Gasteiger partial charge in [0, 0.05) is 36.6 Å². The Kier molecular flexibility index (Phi) is 5.70. The Morgan fingerprint density at radius 1 is 1.42 bits per heavy atom. The number of pyridine rings is 1. The fourth-order valence-corrected chi connectivity index (χ4v) is 3.07. The zero-order valence-corrected chi connectivity index (χ0v) is 14.7. The number of morpholine rings is 1. The van der Waals surface area contributed by atoms with Gasteiger partial charge in [0.25, 0.3) is 0 Å². The van der Waals surface area contributed by atoms with E-state index in [2.05, 4.69) is 9.88 Å². The van der Waals surface area contributed by atoms with Crippen LogP contribution in [-0.2, 0) is 16.1 Å². The van der Waals surface area contributed by atoms with Crippen LogP contribution >= 0.6 is 0 Å². The molecular formula is C19H23N3O4. The molecule has 26 heavy (non-hydrogen) atoms. The van der Waals surface area contributed by atoms with Gasteiger partial charge in [-0.25, -0.2) is 4.79 Å². The molecule has 7 heteroatoms. The minimum absolute atomic E-state index is 0.141. The Balaban J connectivity index is 1.70. The number of nitrogens with two attached hydrogens (primary N) is 1. The van der Waals surface area contributed by atoms with Crippen molar-refractivity contribution in [2.45, 2.75) is 19.6 Å². The molecule has 0 aliphatic carbocycles. The largest absolute Gasteiger partial charge is 0.482 e. The van der Waals surface area contributed by atoms with E-state index in [0.717, 1.165) is 23.5 Å². The van der Waals surface area contributed by atoms with Crippen LogP contribution < -0.4 is 10.5 Å². The highest BCUT2D eigenvalue weighted by Crippen LogP contribution is 2.26. The third kappa shape index (κ3) is 4.71. The summed E-state index contributed by atoms with van der Waals surface area (Å²) in [5.41, 5.74) is 9.26. The summed E-state index contributed by atoms with van der Waals surface area (Å²) in [7, 11) is 0. The number of hydrogen-bond acceptors (Lipinski definition) is 6. The first-order chi connectivity index (χ1) is 12.5. The van der Waals surface area contributed by atoms with Gasteiger partial charge in [-0.05, 0) is 25.1 Å². The molecular weight excluding hydrogens is 334 g/mol. The molecule has 0 spiro atoms. The van der Waals surface area contributed by atoms with E-state index in [9.17, 15) is 4.79 Å². The van der Waals surface area contributed by atoms with E-state index in [1.807, 2.05) is 37.3 Å². The molecule has 1 aromatic heterocycles. The van der Waals surface area contributed by atoms with Gasteiger partial charge in [0.15, 0.2) is 6.61 Å². The van der Waals surface area contributed by atoms with Gasteiger partial charge in [-0.1, -0.05) is 18.2 Å². The van der Waals surface area contributed by atoms with Gasteiger partial charge >= 0.3 is 5.97 Å². The van der Waals surface area contributed by atoms with Gasteiger partial charge in [0.2, 0.25) is 0 Å². The maximum absolute atomic E-state index is 10.8. The van der Waals surface area contributed by atoms with Gasteiger partial charge < -0.3 is 20.3 Å². The summed E-state index contributed by atoms with van der Waals surface area (Å²) in [6.45, 7) is 4.27. The topological polar surface area (TPSA) is 97.9 Å². The first kappa shape index (κ1) is 18.2. The van der Waals surface area contributed by atoms with Crippen LogP contribution in [0.1, 0.15) is 23.1 Å². The number of aryl methyl sites for hydroxylation is 1. The van der Waals surface area contributed by atoms with E-state index < -0.39 is 5.97 Å². The zero-order chi connectivity index (χ0) is 18.5. The van der Waals surface area contributed by atoms with Gasteiger partial charge in [-0.15, -0.1) is 0 Å². The minimum Gasteiger partial charge on any atom is -0.482 e. The van der Waals surface area contributed by atoms with Gasteiger partial charge in [0.05, 0.1) is 12.3 Å². The molecule has 0 saturated carbocycles. The first-order valence-corrected chi connectivity index (χ1v) is 8.52. The summed E-state index contributed by atoms with van der Waals surface area (Å²) in [5, 5.41) is 8.82. The molecule has 7 nitrogen and oxygen atoms in total. The lowest BCUT2D eigenvalue weighted by Crippen LogP contribution is -2.38. The average Bonchev–Trinajstić information content (AvgIpc) is 2.60. The average molecular weight is 357 g/mol. The summed E-state index contributed by atoms with van der Waals surface area (Å²) >= 11 is 0. The molecule has 0 bridgehead atoms. The molecule has 1 fully saturated rings. The van der Waals surface area contributed by atoms with Crippen molar-refractivity contribution in [1.82, 2.24) is 9.88 Å². The zero-order valence-electron chi connectivity index (χ0n) is 14.7. The van der Waals surface area contributed by atoms with E-state index in [1.165, 1.54) is 0 Å². The smallest absolute Gasteiger partial charge is 0.341 e. The van der Waals surface area contributed by atoms with Crippen LogP contribution in [0.2, 0.25) is 0 Å². The Bertz CT molecular complexity index is 761. The molecule has 0 radical (unpaired) electrons. The molecule has 2 aromatic rings. The van der Waals surface area contributed by atoms with Crippen molar-refractivity contribution in [2.75, 3.05) is 32.0 Å². The lowest BCUT2D eigenvalue weighted by Gasteiger charge is -2.33. The molecule has 1 saturated heterocycles. The molecule has 1 unspecified atom stereocenters. The van der Waals surface area contributed by atoms with Crippen molar-refractivity contribution in [3.8, 4) is 5.75 Å². The second kappa shape index (κ2) is 8.16. The van der Waals surface area contributed by atoms with Crippen molar-refractivity contribution in [3.63, 3.8) is 0 Å². The van der Waals surface area contributed by atoms with Crippen LogP contribution in [0.3, 0.4) is 0 Å². The second-order valence-electron chi connectivity index (χ2n) is 6.35. The van der Waals surface area contributed by atoms with Crippen LogP contribution in [-0.4, -0.2) is 47.3 Å². The molecule has 3 N–H and O–H groups in total. The number of benzene rings is 1. The Labute approximate surface area is 152 Å². The summed E-state index contributed by atoms with van der Waals surface area (Å²) in [4.78, 5) is 17.6. The third-order valence-corrected chi connectivity index (χ3v) is 4.19. The predicted octanol–water partition coefficient (Wildman–Crippen LogP) is 2.01. The van der Waals surface area contributed by atoms with Gasteiger partial charge in [-0.2, -0.15) is 0 Å². The Morgan fingerprint density at radius 2 is 2.23 bits per heavy atom. The number of hydrogen-bond donors (Lipinski definition) is 2. The molecule has 0 amide bonds. The van der Waals surface area contributed by atoms with E-state index >= 15 is 0 Å². The van der Waals surface area contributed by atoms with Crippen molar-refractivity contribution >= 4 is 11.7 Å². The number of anilines is 1. The number of nitrogen functional groups attached to an aromatic ring is 1. The Morgan fingerprint density at radius 3 is 3.00 bits per heavy atom. The lowest BCUT2D eigenvalue weighted by molar-refractivity contribution is -0.139. The standard InChI is InChI=1S/C19H23N3O4/c1-13-8-15(20)9-16(21-13)18-11-22(6-7-25-18)10-14-4-2-3-5-17(14)26-12-19(23)24/h2-5,8-9,18H,6-7,10-12H2,1H3,(H2,20,21)(H,23,24). The quantitative estimate of drug-likeness (QED) is 0.816. The maximum Gasteiger partial charge on any atom is 0.341 e. The van der Waals surface area contributed by atoms with Gasteiger partial charge in [0.1, 0.15) is 11.9 Å².